The van der Waals surface area contributed by atoms with Crippen LogP contribution in [0.5, 0.6) is 0 Å². The molecule has 0 N–H and O–H groups in total. The second kappa shape index (κ2) is 4.62. The van der Waals surface area contributed by atoms with Crippen LogP contribution in [0.1, 0.15) is 5.69 Å². The molecule has 1 aromatic carbocycles. The number of rotatable bonds is 1. The fourth-order valence-corrected chi connectivity index (χ4v) is 1.66. The lowest BCUT2D eigenvalue weighted by Gasteiger charge is -1.95. The molecule has 2 rings (SSSR count). The maximum Gasteiger partial charge on any atom is 0.238 e. The van der Waals surface area contributed by atoms with Crippen molar-refractivity contribution in [3.8, 4) is 11.3 Å². The lowest BCUT2D eigenvalue weighted by atomic mass is 10.1. The van der Waals surface area contributed by atoms with Crippen LogP contribution in [0.25, 0.3) is 11.3 Å². The molecule has 0 radical (unpaired) electrons. The Kier molecular flexibility index (Phi) is 3.69. The molecule has 0 amide bonds. The van der Waals surface area contributed by atoms with Crippen LogP contribution < -0.4 is 21.7 Å². The average molecular weight is 267 g/mol. The zero-order valence-electron chi connectivity index (χ0n) is 9.24. The Labute approximate surface area is 101 Å². The highest BCUT2D eigenvalue weighted by Gasteiger charge is 2.15. The SMILES string of the molecule is Cc1cc(-c2ccccc2)[n+](C)n1C.[Br-]. The number of hydrogen-bond donors (Lipinski definition) is 0. The van der Waals surface area contributed by atoms with E-state index in [9.17, 15) is 0 Å². The lowest BCUT2D eigenvalue weighted by Crippen LogP contribution is -3.00. The minimum Gasteiger partial charge on any atom is -1.00 e. The topological polar surface area (TPSA) is 8.81 Å². The van der Waals surface area contributed by atoms with Crippen LogP contribution in [0.15, 0.2) is 36.4 Å². The molecule has 0 aliphatic rings. The first-order chi connectivity index (χ1) is 6.70. The monoisotopic (exact) mass is 266 g/mol. The number of nitrogens with zero attached hydrogens (tertiary/aromatic N) is 2. The zero-order valence-corrected chi connectivity index (χ0v) is 10.8. The van der Waals surface area contributed by atoms with Crippen molar-refractivity contribution in [2.45, 2.75) is 6.92 Å². The molecular formula is C12H15BrN2. The van der Waals surface area contributed by atoms with Crippen molar-refractivity contribution in [3.63, 3.8) is 0 Å². The molecule has 1 heterocycles. The van der Waals surface area contributed by atoms with E-state index in [1.807, 2.05) is 6.07 Å². The smallest absolute Gasteiger partial charge is 0.238 e. The van der Waals surface area contributed by atoms with Gasteiger partial charge in [-0.3, -0.25) is 0 Å². The van der Waals surface area contributed by atoms with Crippen molar-refractivity contribution in [2.75, 3.05) is 0 Å². The molecule has 2 aromatic rings. The van der Waals surface area contributed by atoms with E-state index in [1.165, 1.54) is 17.0 Å². The predicted octanol–water partition coefficient (Wildman–Crippen LogP) is -1.17. The lowest BCUT2D eigenvalue weighted by molar-refractivity contribution is -0.741. The Balaban J connectivity index is 0.00000112. The molecule has 0 spiro atoms. The van der Waals surface area contributed by atoms with Gasteiger partial charge in [-0.05, 0) is 19.1 Å². The van der Waals surface area contributed by atoms with Crippen LogP contribution >= 0.6 is 0 Å². The van der Waals surface area contributed by atoms with Gasteiger partial charge in [0.15, 0.2) is 7.05 Å². The van der Waals surface area contributed by atoms with Crippen molar-refractivity contribution < 1.29 is 21.7 Å². The first-order valence-electron chi connectivity index (χ1n) is 4.78. The highest BCUT2D eigenvalue weighted by Crippen LogP contribution is 2.15. The predicted molar refractivity (Wildman–Crippen MR) is 56.8 cm³/mol. The molecule has 0 aliphatic carbocycles. The Morgan fingerprint density at radius 3 is 2.20 bits per heavy atom. The number of aryl methyl sites for hydroxylation is 1. The molecule has 0 aliphatic heterocycles. The molecule has 0 atom stereocenters. The molecule has 0 bridgehead atoms. The first kappa shape index (κ1) is 12.0. The normalized spacial score (nSPS) is 9.80. The number of halogens is 1. The van der Waals surface area contributed by atoms with Gasteiger partial charge in [0.25, 0.3) is 0 Å². The number of benzene rings is 1. The van der Waals surface area contributed by atoms with Gasteiger partial charge in [0.05, 0.1) is 12.7 Å². The van der Waals surface area contributed by atoms with Crippen LogP contribution in [0.2, 0.25) is 0 Å². The summed E-state index contributed by atoms with van der Waals surface area (Å²) in [5, 5.41) is 0. The standard InChI is InChI=1S/C12H15N2.BrH/c1-10-9-12(14(3)13(10)2)11-7-5-4-6-8-11;/h4-9H,1-3H3;1H/q+1;/p-1. The third-order valence-corrected chi connectivity index (χ3v) is 2.72. The highest BCUT2D eigenvalue weighted by atomic mass is 79.9. The molecule has 80 valence electrons. The van der Waals surface area contributed by atoms with Crippen LogP contribution in [-0.2, 0) is 14.1 Å². The average Bonchev–Trinajstić information content (AvgIpc) is 2.47. The quantitative estimate of drug-likeness (QED) is 0.576. The number of aromatic nitrogens is 2. The van der Waals surface area contributed by atoms with Gasteiger partial charge in [-0.15, -0.1) is 4.68 Å². The second-order valence-electron chi connectivity index (χ2n) is 3.58. The summed E-state index contributed by atoms with van der Waals surface area (Å²) in [6.07, 6.45) is 0. The molecule has 0 unspecified atom stereocenters. The maximum atomic E-state index is 2.20. The van der Waals surface area contributed by atoms with E-state index in [1.54, 1.807) is 0 Å². The van der Waals surface area contributed by atoms with Gasteiger partial charge in [0.2, 0.25) is 5.69 Å². The Hall–Kier alpha value is -1.09. The van der Waals surface area contributed by atoms with Crippen molar-refractivity contribution in [1.29, 1.82) is 0 Å². The van der Waals surface area contributed by atoms with E-state index in [-0.39, 0.29) is 17.0 Å². The Morgan fingerprint density at radius 2 is 1.73 bits per heavy atom. The molecule has 3 heteroatoms. The third kappa shape index (κ3) is 2.12. The fraction of sp³-hybridized carbons (Fsp3) is 0.250. The molecule has 0 saturated carbocycles. The van der Waals surface area contributed by atoms with E-state index < -0.39 is 0 Å². The van der Waals surface area contributed by atoms with E-state index in [2.05, 4.69) is 60.7 Å². The van der Waals surface area contributed by atoms with Crippen molar-refractivity contribution in [3.05, 3.63) is 42.1 Å². The van der Waals surface area contributed by atoms with Crippen LogP contribution in [0.3, 0.4) is 0 Å². The van der Waals surface area contributed by atoms with Crippen LogP contribution in [0.4, 0.5) is 0 Å². The van der Waals surface area contributed by atoms with Crippen molar-refractivity contribution in [1.82, 2.24) is 4.68 Å². The minimum atomic E-state index is 0. The van der Waals surface area contributed by atoms with Crippen LogP contribution in [0, 0.1) is 6.92 Å². The van der Waals surface area contributed by atoms with Gasteiger partial charge in [0.1, 0.15) is 0 Å². The third-order valence-electron chi connectivity index (χ3n) is 2.72. The minimum absolute atomic E-state index is 0. The van der Waals surface area contributed by atoms with Gasteiger partial charge in [-0.25, -0.2) is 0 Å². The largest absolute Gasteiger partial charge is 1.00 e. The van der Waals surface area contributed by atoms with E-state index in [0.717, 1.165) is 0 Å². The summed E-state index contributed by atoms with van der Waals surface area (Å²) in [6.45, 7) is 2.12. The van der Waals surface area contributed by atoms with Gasteiger partial charge < -0.3 is 17.0 Å². The molecule has 1 aromatic heterocycles. The van der Waals surface area contributed by atoms with E-state index >= 15 is 0 Å². The summed E-state index contributed by atoms with van der Waals surface area (Å²) in [7, 11) is 4.15. The zero-order chi connectivity index (χ0) is 10.1. The second-order valence-corrected chi connectivity index (χ2v) is 3.58. The van der Waals surface area contributed by atoms with Crippen molar-refractivity contribution >= 4 is 0 Å². The summed E-state index contributed by atoms with van der Waals surface area (Å²) in [6, 6.07) is 12.6. The maximum absolute atomic E-state index is 2.20. The van der Waals surface area contributed by atoms with Gasteiger partial charge >= 0.3 is 0 Å². The molecule has 15 heavy (non-hydrogen) atoms. The molecule has 0 fully saturated rings. The van der Waals surface area contributed by atoms with Gasteiger partial charge in [-0.1, -0.05) is 18.2 Å². The van der Waals surface area contributed by atoms with Gasteiger partial charge in [0, 0.05) is 11.6 Å². The number of hydrogen-bond acceptors (Lipinski definition) is 0. The van der Waals surface area contributed by atoms with E-state index in [0.29, 0.717) is 0 Å². The molecule has 0 saturated heterocycles. The van der Waals surface area contributed by atoms with Crippen LogP contribution in [-0.4, -0.2) is 4.68 Å². The first-order valence-corrected chi connectivity index (χ1v) is 4.78. The van der Waals surface area contributed by atoms with E-state index in [4.69, 9.17) is 0 Å². The Bertz CT molecular complexity index is 446. The summed E-state index contributed by atoms with van der Waals surface area (Å²) < 4.78 is 4.30. The summed E-state index contributed by atoms with van der Waals surface area (Å²) in [5.74, 6) is 0. The fourth-order valence-electron chi connectivity index (χ4n) is 1.66. The highest BCUT2D eigenvalue weighted by molar-refractivity contribution is 5.56. The summed E-state index contributed by atoms with van der Waals surface area (Å²) in [5.41, 5.74) is 3.79. The van der Waals surface area contributed by atoms with Gasteiger partial charge in [-0.2, -0.15) is 4.68 Å². The summed E-state index contributed by atoms with van der Waals surface area (Å²) >= 11 is 0. The Morgan fingerprint density at radius 1 is 1.13 bits per heavy atom. The molecule has 2 nitrogen and oxygen atoms in total. The molecular weight excluding hydrogens is 252 g/mol. The summed E-state index contributed by atoms with van der Waals surface area (Å²) in [4.78, 5) is 0. The van der Waals surface area contributed by atoms with Crippen molar-refractivity contribution in [2.24, 2.45) is 14.1 Å².